The van der Waals surface area contributed by atoms with Gasteiger partial charge in [-0.05, 0) is 20.3 Å². The molecule has 1 aromatic rings. The van der Waals surface area contributed by atoms with E-state index in [4.69, 9.17) is 5.11 Å². The number of aryl methyl sites for hydroxylation is 1. The fraction of sp³-hybridized carbons (Fsp3) is 0.636. The summed E-state index contributed by atoms with van der Waals surface area (Å²) in [5, 5.41) is 18.2. The highest BCUT2D eigenvalue weighted by atomic mass is 16.3. The van der Waals surface area contributed by atoms with Gasteiger partial charge in [-0.2, -0.15) is 0 Å². The summed E-state index contributed by atoms with van der Waals surface area (Å²) < 4.78 is 0. The molecule has 0 aromatic carbocycles. The minimum absolute atomic E-state index is 0.0382. The zero-order valence-corrected chi connectivity index (χ0v) is 10.0. The third kappa shape index (κ3) is 3.43. The SMILES string of the molecule is Cc1nc(N(C)CCC(C)O)ncc1CO. The van der Waals surface area contributed by atoms with Crippen LogP contribution in [0.4, 0.5) is 5.95 Å². The first-order valence-corrected chi connectivity index (χ1v) is 5.37. The molecule has 0 radical (unpaired) electrons. The summed E-state index contributed by atoms with van der Waals surface area (Å²) in [4.78, 5) is 10.3. The van der Waals surface area contributed by atoms with Crippen molar-refractivity contribution >= 4 is 5.95 Å². The highest BCUT2D eigenvalue weighted by molar-refractivity contribution is 5.31. The molecule has 2 N–H and O–H groups in total. The Bertz CT molecular complexity index is 342. The van der Waals surface area contributed by atoms with Crippen LogP contribution in [0.5, 0.6) is 0 Å². The quantitative estimate of drug-likeness (QED) is 0.763. The lowest BCUT2D eigenvalue weighted by Gasteiger charge is -2.18. The molecule has 1 rings (SSSR count). The average Bonchev–Trinajstić information content (AvgIpc) is 2.25. The van der Waals surface area contributed by atoms with Crippen molar-refractivity contribution in [2.75, 3.05) is 18.5 Å². The van der Waals surface area contributed by atoms with Gasteiger partial charge in [0.25, 0.3) is 0 Å². The molecule has 0 spiro atoms. The van der Waals surface area contributed by atoms with Crippen LogP contribution in [0.15, 0.2) is 6.20 Å². The fourth-order valence-corrected chi connectivity index (χ4v) is 1.30. The molecule has 1 unspecified atom stereocenters. The first kappa shape index (κ1) is 12.9. The van der Waals surface area contributed by atoms with Crippen LogP contribution < -0.4 is 4.90 Å². The molecule has 90 valence electrons. The maximum atomic E-state index is 9.18. The standard InChI is InChI=1S/C11H19N3O2/c1-8(16)4-5-14(3)11-12-6-10(7-15)9(2)13-11/h6,8,15-16H,4-5,7H2,1-3H3. The molecule has 0 saturated carbocycles. The average molecular weight is 225 g/mol. The summed E-state index contributed by atoms with van der Waals surface area (Å²) >= 11 is 0. The molecular formula is C11H19N3O2. The van der Waals surface area contributed by atoms with Crippen molar-refractivity contribution in [3.8, 4) is 0 Å². The van der Waals surface area contributed by atoms with Gasteiger partial charge >= 0.3 is 0 Å². The second kappa shape index (κ2) is 5.77. The van der Waals surface area contributed by atoms with Crippen LogP contribution in [0.1, 0.15) is 24.6 Å². The van der Waals surface area contributed by atoms with Crippen LogP contribution >= 0.6 is 0 Å². The highest BCUT2D eigenvalue weighted by Gasteiger charge is 2.07. The van der Waals surface area contributed by atoms with E-state index in [2.05, 4.69) is 9.97 Å². The van der Waals surface area contributed by atoms with Gasteiger partial charge in [-0.1, -0.05) is 0 Å². The first-order chi connectivity index (χ1) is 7.54. The van der Waals surface area contributed by atoms with E-state index in [-0.39, 0.29) is 12.7 Å². The smallest absolute Gasteiger partial charge is 0.225 e. The Hall–Kier alpha value is -1.20. The molecular weight excluding hydrogens is 206 g/mol. The number of aromatic nitrogens is 2. The first-order valence-electron chi connectivity index (χ1n) is 5.37. The summed E-state index contributed by atoms with van der Waals surface area (Å²) in [7, 11) is 1.88. The van der Waals surface area contributed by atoms with Crippen molar-refractivity contribution in [3.63, 3.8) is 0 Å². The Morgan fingerprint density at radius 2 is 2.19 bits per heavy atom. The molecule has 1 aromatic heterocycles. The van der Waals surface area contributed by atoms with Gasteiger partial charge in [-0.25, -0.2) is 9.97 Å². The van der Waals surface area contributed by atoms with Crippen LogP contribution in [0, 0.1) is 6.92 Å². The van der Waals surface area contributed by atoms with Gasteiger partial charge < -0.3 is 15.1 Å². The van der Waals surface area contributed by atoms with Crippen LogP contribution in [-0.2, 0) is 6.61 Å². The van der Waals surface area contributed by atoms with E-state index in [1.165, 1.54) is 0 Å². The minimum atomic E-state index is -0.319. The van der Waals surface area contributed by atoms with Gasteiger partial charge in [0.15, 0.2) is 0 Å². The van der Waals surface area contributed by atoms with Gasteiger partial charge in [0.2, 0.25) is 5.95 Å². The summed E-state index contributed by atoms with van der Waals surface area (Å²) in [6.45, 7) is 4.27. The zero-order valence-electron chi connectivity index (χ0n) is 10.0. The summed E-state index contributed by atoms with van der Waals surface area (Å²) in [5.41, 5.74) is 1.53. The molecule has 5 nitrogen and oxygen atoms in total. The normalized spacial score (nSPS) is 12.6. The van der Waals surface area contributed by atoms with Gasteiger partial charge in [0.05, 0.1) is 12.7 Å². The molecule has 0 saturated heterocycles. The maximum Gasteiger partial charge on any atom is 0.225 e. The molecule has 0 aliphatic carbocycles. The van der Waals surface area contributed by atoms with Crippen molar-refractivity contribution in [3.05, 3.63) is 17.5 Å². The molecule has 0 bridgehead atoms. The number of rotatable bonds is 5. The van der Waals surface area contributed by atoms with E-state index in [0.717, 1.165) is 11.3 Å². The molecule has 0 fully saturated rings. The number of hydrogen-bond acceptors (Lipinski definition) is 5. The Morgan fingerprint density at radius 1 is 1.50 bits per heavy atom. The van der Waals surface area contributed by atoms with E-state index in [1.54, 1.807) is 13.1 Å². The second-order valence-corrected chi connectivity index (χ2v) is 4.00. The maximum absolute atomic E-state index is 9.18. The number of anilines is 1. The topological polar surface area (TPSA) is 69.5 Å². The van der Waals surface area contributed by atoms with Crippen LogP contribution in [0.3, 0.4) is 0 Å². The van der Waals surface area contributed by atoms with Crippen LogP contribution in [0.25, 0.3) is 0 Å². The molecule has 0 aliphatic rings. The van der Waals surface area contributed by atoms with Gasteiger partial charge in [-0.3, -0.25) is 0 Å². The van der Waals surface area contributed by atoms with Gasteiger partial charge in [-0.15, -0.1) is 0 Å². The molecule has 1 heterocycles. The predicted octanol–water partition coefficient (Wildman–Crippen LogP) is 0.484. The van der Waals surface area contributed by atoms with Crippen LogP contribution in [0.2, 0.25) is 0 Å². The fourth-order valence-electron chi connectivity index (χ4n) is 1.30. The highest BCUT2D eigenvalue weighted by Crippen LogP contribution is 2.10. The van der Waals surface area contributed by atoms with E-state index in [1.807, 2.05) is 18.9 Å². The minimum Gasteiger partial charge on any atom is -0.393 e. The van der Waals surface area contributed by atoms with Crippen molar-refractivity contribution < 1.29 is 10.2 Å². The molecule has 0 amide bonds. The van der Waals surface area contributed by atoms with Gasteiger partial charge in [0.1, 0.15) is 0 Å². The number of nitrogens with zero attached hydrogens (tertiary/aromatic N) is 3. The summed E-state index contributed by atoms with van der Waals surface area (Å²) in [6, 6.07) is 0. The van der Waals surface area contributed by atoms with E-state index in [9.17, 15) is 5.11 Å². The monoisotopic (exact) mass is 225 g/mol. The van der Waals surface area contributed by atoms with Crippen molar-refractivity contribution in [1.29, 1.82) is 0 Å². The van der Waals surface area contributed by atoms with Crippen molar-refractivity contribution in [1.82, 2.24) is 9.97 Å². The number of aliphatic hydroxyl groups excluding tert-OH is 2. The lowest BCUT2D eigenvalue weighted by molar-refractivity contribution is 0.186. The molecule has 16 heavy (non-hydrogen) atoms. The number of aliphatic hydroxyl groups is 2. The van der Waals surface area contributed by atoms with Crippen LogP contribution in [-0.4, -0.2) is 39.9 Å². The summed E-state index contributed by atoms with van der Waals surface area (Å²) in [5.74, 6) is 0.621. The lowest BCUT2D eigenvalue weighted by atomic mass is 10.2. The Balaban J connectivity index is 2.69. The third-order valence-electron chi connectivity index (χ3n) is 2.46. The van der Waals surface area contributed by atoms with Crippen molar-refractivity contribution in [2.45, 2.75) is 33.0 Å². The van der Waals surface area contributed by atoms with E-state index >= 15 is 0 Å². The Morgan fingerprint density at radius 3 is 2.69 bits per heavy atom. The van der Waals surface area contributed by atoms with E-state index in [0.29, 0.717) is 18.9 Å². The Kier molecular flexibility index (Phi) is 4.64. The Labute approximate surface area is 95.8 Å². The van der Waals surface area contributed by atoms with E-state index < -0.39 is 0 Å². The molecule has 1 atom stereocenters. The largest absolute Gasteiger partial charge is 0.393 e. The molecule has 0 aliphatic heterocycles. The lowest BCUT2D eigenvalue weighted by Crippen LogP contribution is -2.24. The van der Waals surface area contributed by atoms with Gasteiger partial charge in [0, 0.05) is 31.0 Å². The van der Waals surface area contributed by atoms with Crippen molar-refractivity contribution in [2.24, 2.45) is 0 Å². The number of hydrogen-bond donors (Lipinski definition) is 2. The third-order valence-corrected chi connectivity index (χ3v) is 2.46. The molecule has 5 heteroatoms. The summed E-state index contributed by atoms with van der Waals surface area (Å²) in [6.07, 6.45) is 2.00. The second-order valence-electron chi connectivity index (χ2n) is 4.00. The zero-order chi connectivity index (χ0) is 12.1. The predicted molar refractivity (Wildman–Crippen MR) is 62.3 cm³/mol.